The Bertz CT molecular complexity index is 93.9. The van der Waals surface area contributed by atoms with Crippen LogP contribution in [-0.2, 0) is 0 Å². The monoisotopic (exact) mass is 274 g/mol. The minimum absolute atomic E-state index is 0.833. The molecule has 1 aliphatic carbocycles. The predicted molar refractivity (Wildman–Crippen MR) is 96.0 cm³/mol. The number of hydrogen-bond donors (Lipinski definition) is 0. The summed E-state index contributed by atoms with van der Waals surface area (Å²) in [5.41, 5.74) is 0. The van der Waals surface area contributed by atoms with Gasteiger partial charge in [0.05, 0.1) is 0 Å². The zero-order valence-electron chi connectivity index (χ0n) is 16.3. The van der Waals surface area contributed by atoms with Gasteiger partial charge in [0.25, 0.3) is 0 Å². The molecule has 1 aliphatic rings. The van der Waals surface area contributed by atoms with E-state index >= 15 is 0 Å². The first-order chi connectivity index (χ1) is 8.93. The fourth-order valence-electron chi connectivity index (χ4n) is 0.901. The van der Waals surface area contributed by atoms with Gasteiger partial charge in [0.15, 0.2) is 0 Å². The first-order valence-electron chi connectivity index (χ1n) is 8.93. The van der Waals surface area contributed by atoms with Crippen LogP contribution in [0.2, 0.25) is 0 Å². The Balaban J connectivity index is -0.0000000795. The Labute approximate surface area is 126 Å². The SMILES string of the molecule is CC.CC.CC(C)C.CC1CCC1.CCC(C)CC. The predicted octanol–water partition coefficient (Wildman–Crippen LogP) is 7.96. The van der Waals surface area contributed by atoms with Crippen molar-refractivity contribution in [2.45, 2.75) is 108 Å². The van der Waals surface area contributed by atoms with E-state index < -0.39 is 0 Å². The van der Waals surface area contributed by atoms with Crippen molar-refractivity contribution in [3.05, 3.63) is 0 Å². The third kappa shape index (κ3) is 46.1. The Morgan fingerprint density at radius 2 is 1.00 bits per heavy atom. The van der Waals surface area contributed by atoms with Crippen LogP contribution in [0.3, 0.4) is 0 Å². The Kier molecular flexibility index (Phi) is 38.2. The van der Waals surface area contributed by atoms with Crippen molar-refractivity contribution in [3.8, 4) is 0 Å². The Morgan fingerprint density at radius 3 is 1.00 bits per heavy atom. The van der Waals surface area contributed by atoms with Crippen LogP contribution in [0.5, 0.6) is 0 Å². The molecule has 1 rings (SSSR count). The van der Waals surface area contributed by atoms with Crippen molar-refractivity contribution in [1.82, 2.24) is 0 Å². The van der Waals surface area contributed by atoms with Gasteiger partial charge in [-0.2, -0.15) is 0 Å². The summed E-state index contributed by atoms with van der Waals surface area (Å²) in [6, 6.07) is 0. The van der Waals surface area contributed by atoms with Gasteiger partial charge in [-0.15, -0.1) is 0 Å². The van der Waals surface area contributed by atoms with Gasteiger partial charge in [-0.1, -0.05) is 108 Å². The molecule has 0 heteroatoms. The first-order valence-corrected chi connectivity index (χ1v) is 8.93. The zero-order valence-corrected chi connectivity index (χ0v) is 16.3. The molecular formula is C19H46. The maximum atomic E-state index is 2.31. The van der Waals surface area contributed by atoms with Gasteiger partial charge in [0.2, 0.25) is 0 Å². The van der Waals surface area contributed by atoms with Crippen LogP contribution >= 0.6 is 0 Å². The van der Waals surface area contributed by atoms with Gasteiger partial charge in [-0.25, -0.2) is 0 Å². The molecule has 122 valence electrons. The lowest BCUT2D eigenvalue weighted by Crippen LogP contribution is -2.04. The molecule has 0 aromatic rings. The minimum atomic E-state index is 0.833. The standard InChI is InChI=1S/C6H14.C5H10.C4H10.2C2H6/c1-4-6(3)5-2;1-5-3-2-4-5;1-4(2)3;2*1-2/h6H,4-5H2,1-3H3;5H,2-4H2,1H3;4H,1-3H3;2*1-2H3. The summed E-state index contributed by atoms with van der Waals surface area (Å²) in [4.78, 5) is 0. The first kappa shape index (κ1) is 27.4. The average molecular weight is 275 g/mol. The van der Waals surface area contributed by atoms with Crippen LogP contribution in [0, 0.1) is 17.8 Å². The van der Waals surface area contributed by atoms with Gasteiger partial charge >= 0.3 is 0 Å². The van der Waals surface area contributed by atoms with E-state index in [9.17, 15) is 0 Å². The van der Waals surface area contributed by atoms with Gasteiger partial charge in [-0.05, 0) is 17.8 Å². The summed E-state index contributed by atoms with van der Waals surface area (Å²) < 4.78 is 0. The topological polar surface area (TPSA) is 0 Å². The molecule has 0 amide bonds. The Hall–Kier alpha value is 0. The molecule has 0 radical (unpaired) electrons. The highest BCUT2D eigenvalue weighted by Crippen LogP contribution is 2.24. The quantitative estimate of drug-likeness (QED) is 0.479. The summed E-state index contributed by atoms with van der Waals surface area (Å²) in [5, 5.41) is 0. The molecule has 0 aliphatic heterocycles. The van der Waals surface area contributed by atoms with Crippen LogP contribution in [0.4, 0.5) is 0 Å². The van der Waals surface area contributed by atoms with Gasteiger partial charge in [-0.3, -0.25) is 0 Å². The highest BCUT2D eigenvalue weighted by molar-refractivity contribution is 4.62. The number of hydrogen-bond acceptors (Lipinski definition) is 0. The highest BCUT2D eigenvalue weighted by atomic mass is 14.1. The molecule has 0 N–H and O–H groups in total. The largest absolute Gasteiger partial charge is 0.0683 e. The summed E-state index contributed by atoms with van der Waals surface area (Å²) in [6.45, 7) is 23.5. The van der Waals surface area contributed by atoms with Gasteiger partial charge in [0, 0.05) is 0 Å². The fourth-order valence-corrected chi connectivity index (χ4v) is 0.901. The van der Waals surface area contributed by atoms with Crippen LogP contribution in [0.15, 0.2) is 0 Å². The second-order valence-electron chi connectivity index (χ2n) is 5.69. The van der Waals surface area contributed by atoms with E-state index in [4.69, 9.17) is 0 Å². The zero-order chi connectivity index (χ0) is 16.3. The summed E-state index contributed by atoms with van der Waals surface area (Å²) in [6.07, 6.45) is 7.12. The van der Waals surface area contributed by atoms with Crippen molar-refractivity contribution < 1.29 is 0 Å². The molecular weight excluding hydrogens is 228 g/mol. The van der Waals surface area contributed by atoms with E-state index in [2.05, 4.69) is 48.5 Å². The molecule has 0 aromatic carbocycles. The van der Waals surface area contributed by atoms with Crippen molar-refractivity contribution in [2.24, 2.45) is 17.8 Å². The maximum absolute atomic E-state index is 2.31. The fraction of sp³-hybridized carbons (Fsp3) is 1.00. The molecule has 19 heavy (non-hydrogen) atoms. The van der Waals surface area contributed by atoms with Crippen molar-refractivity contribution in [2.75, 3.05) is 0 Å². The van der Waals surface area contributed by atoms with E-state index in [1.807, 2.05) is 27.7 Å². The second-order valence-corrected chi connectivity index (χ2v) is 5.69. The van der Waals surface area contributed by atoms with Crippen LogP contribution < -0.4 is 0 Å². The third-order valence-corrected chi connectivity index (χ3v) is 2.79. The molecule has 0 atom stereocenters. The van der Waals surface area contributed by atoms with Crippen LogP contribution in [0.25, 0.3) is 0 Å². The van der Waals surface area contributed by atoms with Crippen LogP contribution in [-0.4, -0.2) is 0 Å². The van der Waals surface area contributed by atoms with E-state index in [1.54, 1.807) is 0 Å². The van der Waals surface area contributed by atoms with Crippen molar-refractivity contribution >= 4 is 0 Å². The van der Waals surface area contributed by atoms with E-state index in [0.717, 1.165) is 17.8 Å². The molecule has 0 nitrogen and oxygen atoms in total. The molecule has 1 saturated carbocycles. The molecule has 0 unspecified atom stereocenters. The van der Waals surface area contributed by atoms with E-state index in [1.165, 1.54) is 32.1 Å². The normalized spacial score (nSPS) is 12.5. The minimum Gasteiger partial charge on any atom is -0.0683 e. The molecule has 0 bridgehead atoms. The lowest BCUT2D eigenvalue weighted by Gasteiger charge is -2.18. The molecule has 0 heterocycles. The summed E-state index contributed by atoms with van der Waals surface area (Å²) in [5.74, 6) is 2.83. The second kappa shape index (κ2) is 26.5. The molecule has 0 spiro atoms. The molecule has 0 aromatic heterocycles. The summed E-state index contributed by atoms with van der Waals surface area (Å²) >= 11 is 0. The Morgan fingerprint density at radius 1 is 0.789 bits per heavy atom. The highest BCUT2D eigenvalue weighted by Gasteiger charge is 2.09. The smallest absolute Gasteiger partial charge is 0.0443 e. The number of rotatable bonds is 2. The molecule has 0 saturated heterocycles. The van der Waals surface area contributed by atoms with Gasteiger partial charge < -0.3 is 0 Å². The van der Waals surface area contributed by atoms with Crippen LogP contribution in [0.1, 0.15) is 108 Å². The van der Waals surface area contributed by atoms with Crippen molar-refractivity contribution in [3.63, 3.8) is 0 Å². The van der Waals surface area contributed by atoms with Crippen molar-refractivity contribution in [1.29, 1.82) is 0 Å². The van der Waals surface area contributed by atoms with Gasteiger partial charge in [0.1, 0.15) is 0 Å². The molecule has 1 fully saturated rings. The van der Waals surface area contributed by atoms with E-state index in [-0.39, 0.29) is 0 Å². The maximum Gasteiger partial charge on any atom is -0.0443 e. The summed E-state index contributed by atoms with van der Waals surface area (Å²) in [7, 11) is 0. The average Bonchev–Trinajstić information content (AvgIpc) is 2.40. The lowest BCUT2D eigenvalue weighted by atomic mass is 9.88. The van der Waals surface area contributed by atoms with E-state index in [0.29, 0.717) is 0 Å². The lowest BCUT2D eigenvalue weighted by molar-refractivity contribution is 0.346. The third-order valence-electron chi connectivity index (χ3n) is 2.79.